The van der Waals surface area contributed by atoms with Gasteiger partial charge in [-0.1, -0.05) is 23.0 Å². The largest absolute Gasteiger partial charge is 0.477 e. The number of hydrogen-bond acceptors (Lipinski definition) is 9. The Kier molecular flexibility index (Phi) is 9.30. The van der Waals surface area contributed by atoms with Gasteiger partial charge < -0.3 is 19.7 Å². The van der Waals surface area contributed by atoms with E-state index in [9.17, 15) is 9.59 Å². The van der Waals surface area contributed by atoms with Crippen molar-refractivity contribution in [2.45, 2.75) is 107 Å². The van der Waals surface area contributed by atoms with Gasteiger partial charge >= 0.3 is 6.09 Å². The van der Waals surface area contributed by atoms with Crippen molar-refractivity contribution in [2.75, 3.05) is 25.0 Å². The molecule has 1 unspecified atom stereocenters. The summed E-state index contributed by atoms with van der Waals surface area (Å²) in [6, 6.07) is 10.7. The van der Waals surface area contributed by atoms with Crippen molar-refractivity contribution in [3.05, 3.63) is 53.3 Å². The van der Waals surface area contributed by atoms with E-state index in [2.05, 4.69) is 39.0 Å². The van der Waals surface area contributed by atoms with E-state index in [1.807, 2.05) is 43.9 Å². The van der Waals surface area contributed by atoms with Crippen LogP contribution in [-0.4, -0.2) is 75.3 Å². The van der Waals surface area contributed by atoms with Crippen molar-refractivity contribution < 1.29 is 19.1 Å². The molecule has 14 heteroatoms. The molecular formula is C37H47BClN7O4S. The normalized spacial score (nSPS) is 21.4. The smallest absolute Gasteiger partial charge is 0.410 e. The lowest BCUT2D eigenvalue weighted by atomic mass is 9.75. The maximum Gasteiger partial charge on any atom is 0.410 e. The molecule has 2 amide bonds. The number of hydrogen-bond donors (Lipinski definition) is 2. The Morgan fingerprint density at radius 2 is 1.82 bits per heavy atom. The van der Waals surface area contributed by atoms with Crippen molar-refractivity contribution in [1.82, 2.24) is 29.4 Å². The monoisotopic (exact) mass is 731 g/mol. The van der Waals surface area contributed by atoms with Gasteiger partial charge in [0.15, 0.2) is 5.82 Å². The van der Waals surface area contributed by atoms with Crippen LogP contribution in [0, 0.1) is 16.7 Å². The van der Waals surface area contributed by atoms with Gasteiger partial charge in [0, 0.05) is 42.8 Å². The first kappa shape index (κ1) is 35.9. The lowest BCUT2D eigenvalue weighted by molar-refractivity contribution is 0.0130. The van der Waals surface area contributed by atoms with Gasteiger partial charge in [0.05, 0.1) is 20.0 Å². The molecule has 3 aromatic heterocycles. The summed E-state index contributed by atoms with van der Waals surface area (Å²) in [4.78, 5) is 36.7. The highest BCUT2D eigenvalue weighted by molar-refractivity contribution is 7.97. The van der Waals surface area contributed by atoms with Gasteiger partial charge in [-0.05, 0) is 127 Å². The molecule has 4 heterocycles. The quantitative estimate of drug-likeness (QED) is 0.0790. The Morgan fingerprint density at radius 3 is 2.51 bits per heavy atom. The summed E-state index contributed by atoms with van der Waals surface area (Å²) in [6.45, 7) is 11.9. The zero-order chi connectivity index (χ0) is 36.2. The van der Waals surface area contributed by atoms with E-state index in [4.69, 9.17) is 28.9 Å². The van der Waals surface area contributed by atoms with Gasteiger partial charge in [-0.25, -0.2) is 19.4 Å². The molecule has 0 bridgehead atoms. The second kappa shape index (κ2) is 13.2. The molecule has 4 aliphatic rings. The fourth-order valence-corrected chi connectivity index (χ4v) is 9.47. The minimum Gasteiger partial charge on any atom is -0.477 e. The van der Waals surface area contributed by atoms with Gasteiger partial charge in [0.1, 0.15) is 21.6 Å². The molecule has 2 radical (unpaired) electrons. The molecule has 1 aliphatic heterocycles. The first-order valence-electron chi connectivity index (χ1n) is 18.0. The summed E-state index contributed by atoms with van der Waals surface area (Å²) in [5.41, 5.74) is 0.298. The Labute approximate surface area is 310 Å². The predicted molar refractivity (Wildman–Crippen MR) is 199 cm³/mol. The number of ether oxygens (including phenoxy) is 2. The number of rotatable bonds is 13. The Balaban J connectivity index is 0.842. The number of carbonyl (C=O) groups excluding carboxylic acids is 2. The zero-order valence-electron chi connectivity index (χ0n) is 30.1. The van der Waals surface area contributed by atoms with Crippen molar-refractivity contribution in [2.24, 2.45) is 16.7 Å². The number of likely N-dealkylation sites (tertiary alicyclic amines) is 1. The van der Waals surface area contributed by atoms with E-state index < -0.39 is 5.60 Å². The highest BCUT2D eigenvalue weighted by atomic mass is 35.5. The number of nitrogens with zero attached hydrogens (tertiary/aromatic N) is 5. The van der Waals surface area contributed by atoms with Crippen molar-refractivity contribution in [1.29, 1.82) is 0 Å². The van der Waals surface area contributed by atoms with Crippen LogP contribution in [0.4, 0.5) is 10.6 Å². The fourth-order valence-electron chi connectivity index (χ4n) is 8.64. The summed E-state index contributed by atoms with van der Waals surface area (Å²) in [7, 11) is 6.79. The van der Waals surface area contributed by atoms with Crippen LogP contribution in [-0.2, 0) is 4.74 Å². The van der Waals surface area contributed by atoms with Crippen molar-refractivity contribution in [3.63, 3.8) is 0 Å². The van der Waals surface area contributed by atoms with E-state index in [1.54, 1.807) is 29.1 Å². The van der Waals surface area contributed by atoms with Gasteiger partial charge in [0.25, 0.3) is 5.91 Å². The molecule has 51 heavy (non-hydrogen) atoms. The molecule has 11 nitrogen and oxygen atoms in total. The number of amides is 2. The average molecular weight is 732 g/mol. The second-order valence-corrected chi connectivity index (χ2v) is 17.5. The fraction of sp³-hybridized carbons (Fsp3) is 0.595. The molecule has 7 rings (SSSR count). The predicted octanol–water partition coefficient (Wildman–Crippen LogP) is 7.65. The van der Waals surface area contributed by atoms with Crippen LogP contribution in [0.15, 0.2) is 47.6 Å². The van der Waals surface area contributed by atoms with Crippen LogP contribution in [0.1, 0.15) is 96.3 Å². The number of anilines is 1. The molecule has 3 saturated carbocycles. The van der Waals surface area contributed by atoms with Crippen molar-refractivity contribution in [3.8, 4) is 11.7 Å². The summed E-state index contributed by atoms with van der Waals surface area (Å²) < 4.78 is 16.0. The van der Waals surface area contributed by atoms with Crippen LogP contribution >= 0.6 is 23.5 Å². The summed E-state index contributed by atoms with van der Waals surface area (Å²) in [6.07, 6.45) is 10.3. The third-order valence-electron chi connectivity index (χ3n) is 11.3. The van der Waals surface area contributed by atoms with Gasteiger partial charge in [-0.3, -0.25) is 9.52 Å². The third kappa shape index (κ3) is 7.04. The highest BCUT2D eigenvalue weighted by Gasteiger charge is 2.91. The van der Waals surface area contributed by atoms with Crippen LogP contribution in [0.3, 0.4) is 0 Å². The molecule has 0 aromatic carbocycles. The molecule has 1 saturated heterocycles. The molecule has 2 spiro atoms. The van der Waals surface area contributed by atoms with E-state index in [0.29, 0.717) is 46.6 Å². The molecule has 270 valence electrons. The third-order valence-corrected chi connectivity index (χ3v) is 12.3. The van der Waals surface area contributed by atoms with E-state index in [0.717, 1.165) is 50.0 Å². The maximum atomic E-state index is 13.0. The standard InChI is InChI=1S/C37H47BClN7O4S/c1-33(2,3)50-32(48)45-23-24(22-34(45,4)5)8-7-19-40-26-9-6-10-29(41-26)51-44-31(47)25-11-12-27(42-30(25)39)46-20-13-28(43-46)49-21-18-37(38)35(14-15-35)36(37)16-17-36/h6,9-13,20,24H,7-8,14-19,21-23H2,1-5H3,(H,40,41)(H,44,47). The maximum absolute atomic E-state index is 13.0. The molecular weight excluding hydrogens is 685 g/mol. The second-order valence-electron chi connectivity index (χ2n) is 16.3. The van der Waals surface area contributed by atoms with E-state index >= 15 is 0 Å². The first-order chi connectivity index (χ1) is 24.2. The minimum absolute atomic E-state index is 0.0636. The zero-order valence-corrected chi connectivity index (χ0v) is 31.7. The minimum atomic E-state index is -0.514. The van der Waals surface area contributed by atoms with Gasteiger partial charge in [0.2, 0.25) is 5.88 Å². The lowest BCUT2D eigenvalue weighted by Crippen LogP contribution is -2.45. The van der Waals surface area contributed by atoms with Crippen LogP contribution in [0.25, 0.3) is 5.82 Å². The SMILES string of the molecule is [B]C1(CCOc2ccn(-c3ccc(C(=O)NSc4cccc(NCCCC5CN(C(=O)OC(C)(C)C)C(C)(C)C5)n4)c(Cl)n3)n2)C2(CC2)C12CC2. The Bertz CT molecular complexity index is 1790. The number of pyridine rings is 2. The molecule has 4 fully saturated rings. The number of carbonyl (C=O) groups is 2. The summed E-state index contributed by atoms with van der Waals surface area (Å²) in [5, 5.41) is 8.50. The molecule has 3 aliphatic carbocycles. The number of fused-ring (bicyclic) bond motifs is 1. The number of aromatic nitrogens is 4. The Hall–Kier alpha value is -3.45. The first-order valence-corrected chi connectivity index (χ1v) is 19.2. The van der Waals surface area contributed by atoms with Gasteiger partial charge in [-0.15, -0.1) is 5.10 Å². The lowest BCUT2D eigenvalue weighted by Gasteiger charge is -2.33. The topological polar surface area (TPSA) is 124 Å². The Morgan fingerprint density at radius 1 is 1.08 bits per heavy atom. The summed E-state index contributed by atoms with van der Waals surface area (Å²) in [5.74, 6) is 1.72. The van der Waals surface area contributed by atoms with Crippen LogP contribution in [0.2, 0.25) is 10.5 Å². The molecule has 2 N–H and O–H groups in total. The number of nitrogens with one attached hydrogen (secondary N) is 2. The summed E-state index contributed by atoms with van der Waals surface area (Å²) >= 11 is 7.57. The highest BCUT2D eigenvalue weighted by Crippen LogP contribution is 3.02. The van der Waals surface area contributed by atoms with Crippen molar-refractivity contribution >= 4 is 49.2 Å². The van der Waals surface area contributed by atoms with Crippen LogP contribution in [0.5, 0.6) is 5.88 Å². The van der Waals surface area contributed by atoms with Crippen LogP contribution < -0.4 is 14.8 Å². The number of halogens is 1. The average Bonchev–Trinajstić information content (AvgIpc) is 4.01. The molecule has 1 atom stereocenters. The van der Waals surface area contributed by atoms with E-state index in [1.165, 1.54) is 25.7 Å². The van der Waals surface area contributed by atoms with Gasteiger partial charge in [-0.2, -0.15) is 0 Å². The molecule has 3 aromatic rings. The van der Waals surface area contributed by atoms with E-state index in [-0.39, 0.29) is 33.6 Å².